The number of aryl methyl sites for hydroxylation is 1. The van der Waals surface area contributed by atoms with Crippen molar-refractivity contribution < 1.29 is 27.6 Å². The van der Waals surface area contributed by atoms with Gasteiger partial charge in [-0.15, -0.1) is 0 Å². The lowest BCUT2D eigenvalue weighted by Gasteiger charge is -2.21. The predicted molar refractivity (Wildman–Crippen MR) is 127 cm³/mol. The number of oxime groups is 1. The van der Waals surface area contributed by atoms with E-state index >= 15 is 0 Å². The van der Waals surface area contributed by atoms with E-state index in [9.17, 15) is 13.2 Å². The van der Waals surface area contributed by atoms with Crippen molar-refractivity contribution in [2.75, 3.05) is 13.2 Å². The van der Waals surface area contributed by atoms with Gasteiger partial charge in [-0.1, -0.05) is 39.6 Å². The number of ether oxygens (including phenoxy) is 1. The van der Waals surface area contributed by atoms with Crippen LogP contribution in [0.5, 0.6) is 5.75 Å². The molecule has 1 saturated heterocycles. The molecule has 4 rings (SSSR count). The average Bonchev–Trinajstić information content (AvgIpc) is 3.53. The van der Waals surface area contributed by atoms with Gasteiger partial charge in [0.25, 0.3) is 0 Å². The van der Waals surface area contributed by atoms with Gasteiger partial charge >= 0.3 is 6.18 Å². The third kappa shape index (κ3) is 5.79. The summed E-state index contributed by atoms with van der Waals surface area (Å²) in [6, 6.07) is 8.37. The van der Waals surface area contributed by atoms with E-state index in [1.165, 1.54) is 12.1 Å². The molecule has 1 aliphatic heterocycles. The van der Waals surface area contributed by atoms with E-state index < -0.39 is 17.8 Å². The van der Waals surface area contributed by atoms with Crippen LogP contribution in [0, 0.1) is 0 Å². The van der Waals surface area contributed by atoms with Crippen molar-refractivity contribution in [3.05, 3.63) is 63.5 Å². The van der Waals surface area contributed by atoms with Gasteiger partial charge in [0.05, 0.1) is 22.2 Å². The summed E-state index contributed by atoms with van der Waals surface area (Å²) in [5.74, 6) is -0.228. The molecule has 0 aliphatic carbocycles. The van der Waals surface area contributed by atoms with Crippen LogP contribution < -0.4 is 10.5 Å². The molecule has 1 fully saturated rings. The van der Waals surface area contributed by atoms with Crippen molar-refractivity contribution in [1.82, 2.24) is 15.0 Å². The molecule has 3 aromatic rings. The summed E-state index contributed by atoms with van der Waals surface area (Å²) in [6.07, 6.45) is -2.26. The van der Waals surface area contributed by atoms with E-state index in [1.54, 1.807) is 23.1 Å². The summed E-state index contributed by atoms with van der Waals surface area (Å²) in [5.41, 5.74) is 5.77. The smallest absolute Gasteiger partial charge is 0.419 e. The summed E-state index contributed by atoms with van der Waals surface area (Å²) in [7, 11) is 0. The molecular formula is C23H22Cl2F3N5O3. The van der Waals surface area contributed by atoms with Crippen LogP contribution in [0.3, 0.4) is 0 Å². The molecule has 1 atom stereocenters. The number of guanidine groups is 1. The summed E-state index contributed by atoms with van der Waals surface area (Å²) in [4.78, 5) is 5.86. The second-order valence-corrected chi connectivity index (χ2v) is 8.99. The first-order valence-corrected chi connectivity index (χ1v) is 11.8. The number of aromatic nitrogens is 2. The van der Waals surface area contributed by atoms with E-state index in [4.69, 9.17) is 43.4 Å². The summed E-state index contributed by atoms with van der Waals surface area (Å²) in [5, 5.41) is 16.6. The van der Waals surface area contributed by atoms with Crippen molar-refractivity contribution >= 4 is 29.2 Å². The molecule has 0 radical (unpaired) electrons. The lowest BCUT2D eigenvalue weighted by atomic mass is 10.1. The van der Waals surface area contributed by atoms with Crippen LogP contribution in [-0.2, 0) is 12.6 Å². The maximum atomic E-state index is 13.8. The van der Waals surface area contributed by atoms with Crippen LogP contribution in [0.25, 0.3) is 11.4 Å². The number of rotatable bonds is 7. The van der Waals surface area contributed by atoms with Crippen molar-refractivity contribution in [1.29, 1.82) is 0 Å². The lowest BCUT2D eigenvalue weighted by Crippen LogP contribution is -2.36. The molecule has 0 saturated carbocycles. The maximum Gasteiger partial charge on any atom is 0.419 e. The van der Waals surface area contributed by atoms with Gasteiger partial charge in [-0.25, -0.2) is 0 Å². The van der Waals surface area contributed by atoms with Gasteiger partial charge in [-0.3, -0.25) is 0 Å². The van der Waals surface area contributed by atoms with Gasteiger partial charge in [0.1, 0.15) is 11.8 Å². The molecule has 0 unspecified atom stereocenters. The number of nitrogens with zero attached hydrogens (tertiary/aromatic N) is 4. The highest BCUT2D eigenvalue weighted by atomic mass is 35.5. The van der Waals surface area contributed by atoms with Crippen LogP contribution in [0.1, 0.15) is 42.3 Å². The Bertz CT molecular complexity index is 1250. The van der Waals surface area contributed by atoms with Crippen LogP contribution in [0.15, 0.2) is 46.1 Å². The highest BCUT2D eigenvalue weighted by Crippen LogP contribution is 2.39. The Morgan fingerprint density at radius 3 is 2.75 bits per heavy atom. The zero-order chi connectivity index (χ0) is 25.9. The average molecular weight is 544 g/mol. The van der Waals surface area contributed by atoms with E-state index in [0.29, 0.717) is 35.9 Å². The molecule has 0 bridgehead atoms. The van der Waals surface area contributed by atoms with Crippen LogP contribution in [0.2, 0.25) is 10.0 Å². The van der Waals surface area contributed by atoms with E-state index in [2.05, 4.69) is 15.3 Å². The fourth-order valence-corrected chi connectivity index (χ4v) is 4.33. The van der Waals surface area contributed by atoms with Crippen molar-refractivity contribution in [3.8, 4) is 17.1 Å². The zero-order valence-electron chi connectivity index (χ0n) is 18.8. The Labute approximate surface area is 214 Å². The summed E-state index contributed by atoms with van der Waals surface area (Å²) < 4.78 is 52.2. The summed E-state index contributed by atoms with van der Waals surface area (Å²) >= 11 is 11.9. The first kappa shape index (κ1) is 25.9. The third-order valence-corrected chi connectivity index (χ3v) is 6.51. The molecule has 8 nitrogen and oxygen atoms in total. The fourth-order valence-electron chi connectivity index (χ4n) is 4.01. The first-order valence-electron chi connectivity index (χ1n) is 11.0. The number of likely N-dealkylation sites (tertiary alicyclic amines) is 1. The number of hydrogen-bond acceptors (Lipinski definition) is 6. The van der Waals surface area contributed by atoms with E-state index in [-0.39, 0.29) is 35.6 Å². The van der Waals surface area contributed by atoms with Crippen molar-refractivity contribution in [2.24, 2.45) is 10.9 Å². The second kappa shape index (κ2) is 10.8. The standard InChI is InChI=1S/C23H22Cl2F3N5O3/c24-16-7-5-13(11-17(16)25)3-2-10-35-19-8-6-14(12-15(19)23(26,27)28)20-30-21(36-32-20)18-4-1-9-33(18)22(29)31-34/h5-8,11-12,18,34H,1-4,9-10H2,(H2,29,31)/t18-/m0/s1. The van der Waals surface area contributed by atoms with Gasteiger partial charge in [0.2, 0.25) is 17.7 Å². The third-order valence-electron chi connectivity index (χ3n) is 5.77. The minimum Gasteiger partial charge on any atom is -0.493 e. The largest absolute Gasteiger partial charge is 0.493 e. The summed E-state index contributed by atoms with van der Waals surface area (Å²) in [6.45, 7) is 0.591. The molecule has 3 N–H and O–H groups in total. The number of hydrogen-bond donors (Lipinski definition) is 2. The number of alkyl halides is 3. The molecule has 192 valence electrons. The molecule has 36 heavy (non-hydrogen) atoms. The van der Waals surface area contributed by atoms with Crippen LogP contribution in [0.4, 0.5) is 13.2 Å². The van der Waals surface area contributed by atoms with Crippen LogP contribution >= 0.6 is 23.2 Å². The maximum absolute atomic E-state index is 13.8. The number of halogens is 5. The Morgan fingerprint density at radius 1 is 1.22 bits per heavy atom. The van der Waals surface area contributed by atoms with Gasteiger partial charge in [-0.2, -0.15) is 18.2 Å². The monoisotopic (exact) mass is 543 g/mol. The highest BCUT2D eigenvalue weighted by Gasteiger charge is 2.36. The van der Waals surface area contributed by atoms with E-state index in [1.807, 2.05) is 0 Å². The minimum absolute atomic E-state index is 0.00646. The fraction of sp³-hybridized carbons (Fsp3) is 0.348. The van der Waals surface area contributed by atoms with E-state index in [0.717, 1.165) is 18.1 Å². The molecule has 0 spiro atoms. The van der Waals surface area contributed by atoms with Gasteiger partial charge in [0.15, 0.2) is 0 Å². The number of nitrogens with two attached hydrogens (primary N) is 1. The Morgan fingerprint density at radius 2 is 2.03 bits per heavy atom. The molecule has 1 aromatic heterocycles. The molecular weight excluding hydrogens is 522 g/mol. The zero-order valence-corrected chi connectivity index (χ0v) is 20.3. The normalized spacial score (nSPS) is 16.5. The molecule has 1 aliphatic rings. The van der Waals surface area contributed by atoms with Gasteiger partial charge < -0.3 is 25.1 Å². The Kier molecular flexibility index (Phi) is 7.79. The molecule has 13 heteroatoms. The van der Waals surface area contributed by atoms with Crippen molar-refractivity contribution in [2.45, 2.75) is 37.9 Å². The molecule has 2 aromatic carbocycles. The number of benzene rings is 2. The predicted octanol–water partition coefficient (Wildman–Crippen LogP) is 5.91. The Balaban J connectivity index is 1.47. The lowest BCUT2D eigenvalue weighted by molar-refractivity contribution is -0.138. The van der Waals surface area contributed by atoms with Crippen LogP contribution in [-0.4, -0.2) is 39.4 Å². The second-order valence-electron chi connectivity index (χ2n) is 8.18. The SMILES string of the molecule is N/C(=N\O)N1CCC[C@H]1c1nc(-c2ccc(OCCCc3ccc(Cl)c(Cl)c3)c(C(F)(F)F)c2)no1. The van der Waals surface area contributed by atoms with Crippen molar-refractivity contribution in [3.63, 3.8) is 0 Å². The molecule has 2 heterocycles. The quantitative estimate of drug-likeness (QED) is 0.125. The van der Waals surface area contributed by atoms with Gasteiger partial charge in [-0.05, 0) is 61.6 Å². The Hall–Kier alpha value is -3.18. The topological polar surface area (TPSA) is 110 Å². The first-order chi connectivity index (χ1) is 17.2. The van der Waals surface area contributed by atoms with Gasteiger partial charge in [0, 0.05) is 12.1 Å². The molecule has 0 amide bonds. The minimum atomic E-state index is -4.66. The highest BCUT2D eigenvalue weighted by molar-refractivity contribution is 6.42.